The van der Waals surface area contributed by atoms with E-state index in [1.807, 2.05) is 20.8 Å². The molecule has 1 heterocycles. The van der Waals surface area contributed by atoms with Gasteiger partial charge in [-0.3, -0.25) is 4.79 Å². The molecular weight excluding hydrogens is 445 g/mol. The van der Waals surface area contributed by atoms with Crippen molar-refractivity contribution < 1.29 is 13.2 Å². The Bertz CT molecular complexity index is 812. The first-order valence-corrected chi connectivity index (χ1v) is 12.9. The van der Waals surface area contributed by atoms with Crippen LogP contribution in [0.25, 0.3) is 0 Å². The second kappa shape index (κ2) is 10.6. The summed E-state index contributed by atoms with van der Waals surface area (Å²) >= 11 is 12.0. The molecule has 0 radical (unpaired) electrons. The number of benzene rings is 1. The summed E-state index contributed by atoms with van der Waals surface area (Å²) in [6, 6.07) is 5.10. The van der Waals surface area contributed by atoms with Gasteiger partial charge in [-0.1, -0.05) is 44.0 Å². The Hall–Kier alpha value is -0.860. The van der Waals surface area contributed by atoms with E-state index in [1.54, 1.807) is 18.2 Å². The molecule has 1 fully saturated rings. The lowest BCUT2D eigenvalue weighted by molar-refractivity contribution is -0.122. The average molecular weight is 478 g/mol. The predicted molar refractivity (Wildman–Crippen MR) is 123 cm³/mol. The third-order valence-corrected chi connectivity index (χ3v) is 6.58. The Labute approximate surface area is 190 Å². The van der Waals surface area contributed by atoms with Crippen LogP contribution >= 0.6 is 23.2 Å². The van der Waals surface area contributed by atoms with E-state index in [4.69, 9.17) is 23.2 Å². The fraction of sp³-hybridized carbons (Fsp3) is 0.667. The molecule has 1 amide bonds. The van der Waals surface area contributed by atoms with Gasteiger partial charge in [0.25, 0.3) is 0 Å². The minimum absolute atomic E-state index is 0.0239. The molecule has 1 aliphatic rings. The third-order valence-electron chi connectivity index (χ3n) is 5.44. The maximum atomic E-state index is 12.3. The van der Waals surface area contributed by atoms with E-state index in [-0.39, 0.29) is 17.4 Å². The molecule has 2 rings (SSSR count). The summed E-state index contributed by atoms with van der Waals surface area (Å²) in [5, 5.41) is 4.05. The Morgan fingerprint density at radius 3 is 2.23 bits per heavy atom. The molecule has 1 unspecified atom stereocenters. The molecule has 30 heavy (non-hydrogen) atoms. The van der Waals surface area contributed by atoms with Crippen molar-refractivity contribution in [2.75, 3.05) is 25.9 Å². The predicted octanol–water partition coefficient (Wildman–Crippen LogP) is 3.68. The Balaban J connectivity index is 1.78. The summed E-state index contributed by atoms with van der Waals surface area (Å²) in [5.41, 5.74) is 0.700. The molecule has 0 bridgehead atoms. The molecule has 0 saturated carbocycles. The van der Waals surface area contributed by atoms with Crippen molar-refractivity contribution in [2.45, 2.75) is 52.6 Å². The van der Waals surface area contributed by atoms with E-state index in [0.717, 1.165) is 31.5 Å². The molecule has 0 spiro atoms. The van der Waals surface area contributed by atoms with Crippen LogP contribution in [0.2, 0.25) is 10.0 Å². The van der Waals surface area contributed by atoms with E-state index in [0.29, 0.717) is 35.5 Å². The highest BCUT2D eigenvalue weighted by Crippen LogP contribution is 2.25. The third kappa shape index (κ3) is 9.10. The van der Waals surface area contributed by atoms with Gasteiger partial charge in [0.1, 0.15) is 0 Å². The van der Waals surface area contributed by atoms with Crippen molar-refractivity contribution in [1.29, 1.82) is 0 Å². The highest BCUT2D eigenvalue weighted by molar-refractivity contribution is 7.88. The summed E-state index contributed by atoms with van der Waals surface area (Å²) in [7, 11) is -3.26. The number of likely N-dealkylation sites (tertiary alicyclic amines) is 1. The number of sulfonamides is 1. The summed E-state index contributed by atoms with van der Waals surface area (Å²) < 4.78 is 26.2. The fourth-order valence-electron chi connectivity index (χ4n) is 3.63. The molecule has 6 nitrogen and oxygen atoms in total. The quantitative estimate of drug-likeness (QED) is 0.598. The number of halogens is 2. The second-order valence-electron chi connectivity index (χ2n) is 9.31. The van der Waals surface area contributed by atoms with Crippen LogP contribution in [-0.4, -0.2) is 51.2 Å². The van der Waals surface area contributed by atoms with Crippen LogP contribution in [0.15, 0.2) is 18.2 Å². The Morgan fingerprint density at radius 2 is 1.73 bits per heavy atom. The molecule has 0 aliphatic carbocycles. The van der Waals surface area contributed by atoms with Crippen LogP contribution in [0.4, 0.5) is 0 Å². The number of rotatable bonds is 8. The van der Waals surface area contributed by atoms with Crippen molar-refractivity contribution in [1.82, 2.24) is 14.9 Å². The standard InChI is InChI=1S/C21H33Cl2N3O3S/c1-21(2,3)19(25-30(4,28)29)14-26-7-5-15(6-8-26)11-20(27)24-13-16-9-17(22)12-18(23)10-16/h9-10,12,15,19,25H,5-8,11,13-14H2,1-4H3,(H,24,27). The van der Waals surface area contributed by atoms with E-state index in [1.165, 1.54) is 6.26 Å². The van der Waals surface area contributed by atoms with Gasteiger partial charge in [-0.25, -0.2) is 13.1 Å². The smallest absolute Gasteiger partial charge is 0.220 e. The van der Waals surface area contributed by atoms with Gasteiger partial charge >= 0.3 is 0 Å². The minimum Gasteiger partial charge on any atom is -0.352 e. The molecular formula is C21H33Cl2N3O3S. The molecule has 1 aromatic rings. The van der Waals surface area contributed by atoms with E-state index >= 15 is 0 Å². The van der Waals surface area contributed by atoms with Gasteiger partial charge in [-0.15, -0.1) is 0 Å². The first-order chi connectivity index (χ1) is 13.8. The van der Waals surface area contributed by atoms with Crippen LogP contribution in [0.5, 0.6) is 0 Å². The van der Waals surface area contributed by atoms with Gasteiger partial charge in [0.15, 0.2) is 0 Å². The highest BCUT2D eigenvalue weighted by Gasteiger charge is 2.31. The maximum absolute atomic E-state index is 12.3. The van der Waals surface area contributed by atoms with Gasteiger partial charge in [0.2, 0.25) is 15.9 Å². The van der Waals surface area contributed by atoms with E-state index in [9.17, 15) is 13.2 Å². The largest absolute Gasteiger partial charge is 0.352 e. The van der Waals surface area contributed by atoms with Gasteiger partial charge in [-0.05, 0) is 61.0 Å². The molecule has 1 aliphatic heterocycles. The normalized spacial score (nSPS) is 17.7. The number of carbonyl (C=O) groups excluding carboxylic acids is 1. The minimum atomic E-state index is -3.26. The SMILES string of the molecule is CC(C)(C)C(CN1CCC(CC(=O)NCc2cc(Cl)cc(Cl)c2)CC1)NS(C)(=O)=O. The van der Waals surface area contributed by atoms with Crippen molar-refractivity contribution in [3.63, 3.8) is 0 Å². The first-order valence-electron chi connectivity index (χ1n) is 10.2. The molecule has 1 atom stereocenters. The Morgan fingerprint density at radius 1 is 1.17 bits per heavy atom. The number of hydrogen-bond acceptors (Lipinski definition) is 4. The van der Waals surface area contributed by atoms with Gasteiger partial charge in [-0.2, -0.15) is 0 Å². The van der Waals surface area contributed by atoms with Crippen molar-refractivity contribution >= 4 is 39.1 Å². The number of nitrogens with one attached hydrogen (secondary N) is 2. The van der Waals surface area contributed by atoms with E-state index < -0.39 is 10.0 Å². The van der Waals surface area contributed by atoms with Gasteiger partial charge in [0, 0.05) is 35.6 Å². The van der Waals surface area contributed by atoms with Crippen LogP contribution in [0.1, 0.15) is 45.6 Å². The molecule has 0 aromatic heterocycles. The van der Waals surface area contributed by atoms with Gasteiger partial charge < -0.3 is 10.2 Å². The fourth-order valence-corrected chi connectivity index (χ4v) is 5.14. The molecule has 170 valence electrons. The number of amides is 1. The lowest BCUT2D eigenvalue weighted by atomic mass is 9.86. The first kappa shape index (κ1) is 25.4. The number of carbonyl (C=O) groups is 1. The zero-order chi connectivity index (χ0) is 22.5. The maximum Gasteiger partial charge on any atom is 0.220 e. The lowest BCUT2D eigenvalue weighted by Gasteiger charge is -2.38. The zero-order valence-electron chi connectivity index (χ0n) is 18.2. The summed E-state index contributed by atoms with van der Waals surface area (Å²) in [6.07, 6.45) is 3.54. The summed E-state index contributed by atoms with van der Waals surface area (Å²) in [4.78, 5) is 14.6. The molecule has 1 saturated heterocycles. The number of nitrogens with zero attached hydrogens (tertiary/aromatic N) is 1. The number of hydrogen-bond donors (Lipinski definition) is 2. The van der Waals surface area contributed by atoms with E-state index in [2.05, 4.69) is 14.9 Å². The summed E-state index contributed by atoms with van der Waals surface area (Å²) in [6.45, 7) is 8.92. The highest BCUT2D eigenvalue weighted by atomic mass is 35.5. The zero-order valence-corrected chi connectivity index (χ0v) is 20.5. The van der Waals surface area contributed by atoms with Gasteiger partial charge in [0.05, 0.1) is 6.26 Å². The van der Waals surface area contributed by atoms with Crippen molar-refractivity contribution in [3.8, 4) is 0 Å². The van der Waals surface area contributed by atoms with Crippen LogP contribution in [0.3, 0.4) is 0 Å². The lowest BCUT2D eigenvalue weighted by Crippen LogP contribution is -2.51. The topological polar surface area (TPSA) is 78.5 Å². The Kier molecular flexibility index (Phi) is 9.01. The summed E-state index contributed by atoms with van der Waals surface area (Å²) in [5.74, 6) is 0.357. The second-order valence-corrected chi connectivity index (χ2v) is 12.0. The van der Waals surface area contributed by atoms with Crippen LogP contribution < -0.4 is 10.0 Å². The molecule has 1 aromatic carbocycles. The average Bonchev–Trinajstić information content (AvgIpc) is 2.58. The number of piperidine rings is 1. The van der Waals surface area contributed by atoms with Crippen LogP contribution in [0, 0.1) is 11.3 Å². The molecule has 9 heteroatoms. The molecule has 2 N–H and O–H groups in total. The van der Waals surface area contributed by atoms with Crippen molar-refractivity contribution in [2.24, 2.45) is 11.3 Å². The van der Waals surface area contributed by atoms with Crippen molar-refractivity contribution in [3.05, 3.63) is 33.8 Å². The van der Waals surface area contributed by atoms with Crippen LogP contribution in [-0.2, 0) is 21.4 Å². The monoisotopic (exact) mass is 477 g/mol.